The molecule has 1 amide bonds. The maximum atomic E-state index is 12.5. The lowest BCUT2D eigenvalue weighted by atomic mass is 10.0. The first-order chi connectivity index (χ1) is 33.7. The Kier molecular flexibility index (Phi) is 58.7. The van der Waals surface area contributed by atoms with Gasteiger partial charge < -0.3 is 15.5 Å². The van der Waals surface area contributed by atoms with Gasteiger partial charge in [0.1, 0.15) is 0 Å². The molecule has 0 heterocycles. The minimum absolute atomic E-state index is 0.0590. The van der Waals surface area contributed by atoms with E-state index in [-0.39, 0.29) is 12.5 Å². The molecule has 0 aromatic rings. The van der Waals surface area contributed by atoms with Crippen LogP contribution >= 0.6 is 0 Å². The van der Waals surface area contributed by atoms with Crippen molar-refractivity contribution >= 4 is 5.91 Å². The molecule has 4 nitrogen and oxygen atoms in total. The van der Waals surface area contributed by atoms with Gasteiger partial charge in [-0.05, 0) is 51.4 Å². The molecule has 0 rings (SSSR count). The van der Waals surface area contributed by atoms with Crippen molar-refractivity contribution in [1.82, 2.24) is 5.32 Å². The van der Waals surface area contributed by atoms with Crippen LogP contribution in [0.4, 0.5) is 0 Å². The summed E-state index contributed by atoms with van der Waals surface area (Å²) < 4.78 is 0. The highest BCUT2D eigenvalue weighted by Gasteiger charge is 2.18. The van der Waals surface area contributed by atoms with Gasteiger partial charge in [0.15, 0.2) is 0 Å². The van der Waals surface area contributed by atoms with Crippen LogP contribution in [0.1, 0.15) is 348 Å². The average molecular weight is 955 g/mol. The number of amides is 1. The monoisotopic (exact) mass is 954 g/mol. The molecule has 0 radical (unpaired) electrons. The molecule has 0 aliphatic heterocycles. The van der Waals surface area contributed by atoms with Gasteiger partial charge >= 0.3 is 0 Å². The van der Waals surface area contributed by atoms with Crippen molar-refractivity contribution in [2.45, 2.75) is 360 Å². The van der Waals surface area contributed by atoms with Gasteiger partial charge in [0, 0.05) is 6.42 Å². The van der Waals surface area contributed by atoms with Crippen LogP contribution in [0.5, 0.6) is 0 Å². The van der Waals surface area contributed by atoms with Gasteiger partial charge in [0.25, 0.3) is 0 Å². The predicted molar refractivity (Wildman–Crippen MR) is 304 cm³/mol. The summed E-state index contributed by atoms with van der Waals surface area (Å²) in [6, 6.07) is -0.621. The summed E-state index contributed by atoms with van der Waals surface area (Å²) in [5, 5.41) is 23.2. The fraction of sp³-hybridized carbons (Fsp3) is 0.891. The number of carbonyl (C=O) groups is 1. The van der Waals surface area contributed by atoms with Crippen LogP contribution in [0.2, 0.25) is 0 Å². The Balaban J connectivity index is 3.42. The first kappa shape index (κ1) is 66.6. The number of unbranched alkanes of at least 4 members (excludes halogenated alkanes) is 47. The van der Waals surface area contributed by atoms with E-state index < -0.39 is 12.1 Å². The highest BCUT2D eigenvalue weighted by atomic mass is 16.3. The molecule has 4 heteroatoms. The molecule has 0 fully saturated rings. The molecule has 0 spiro atoms. The van der Waals surface area contributed by atoms with Crippen LogP contribution in [0, 0.1) is 0 Å². The largest absolute Gasteiger partial charge is 0.394 e. The number of hydrogen-bond acceptors (Lipinski definition) is 3. The highest BCUT2D eigenvalue weighted by molar-refractivity contribution is 5.76. The molecule has 2 unspecified atom stereocenters. The molecule has 402 valence electrons. The first-order valence-electron chi connectivity index (χ1n) is 31.2. The van der Waals surface area contributed by atoms with E-state index in [2.05, 4.69) is 43.5 Å². The fourth-order valence-corrected chi connectivity index (χ4v) is 9.86. The second-order valence-corrected chi connectivity index (χ2v) is 21.5. The van der Waals surface area contributed by atoms with Crippen molar-refractivity contribution in [3.63, 3.8) is 0 Å². The van der Waals surface area contributed by atoms with E-state index in [0.717, 1.165) is 32.1 Å². The summed E-state index contributed by atoms with van der Waals surface area (Å²) in [6.07, 6.45) is 82.0. The van der Waals surface area contributed by atoms with Crippen LogP contribution in [-0.2, 0) is 4.79 Å². The summed E-state index contributed by atoms with van der Waals surface area (Å²) >= 11 is 0. The minimum Gasteiger partial charge on any atom is -0.394 e. The van der Waals surface area contributed by atoms with Gasteiger partial charge in [0.05, 0.1) is 18.8 Å². The molecule has 2 atom stereocenters. The summed E-state index contributed by atoms with van der Waals surface area (Å²) in [5.41, 5.74) is 0. The molecular formula is C64H123NO3. The Morgan fingerprint density at radius 3 is 0.882 bits per heavy atom. The number of aliphatic hydroxyl groups is 2. The zero-order valence-corrected chi connectivity index (χ0v) is 46.4. The van der Waals surface area contributed by atoms with Crippen molar-refractivity contribution < 1.29 is 15.0 Å². The molecule has 0 aliphatic carbocycles. The van der Waals surface area contributed by atoms with Crippen molar-refractivity contribution in [3.8, 4) is 0 Å². The van der Waals surface area contributed by atoms with Crippen LogP contribution in [0.15, 0.2) is 36.5 Å². The second-order valence-electron chi connectivity index (χ2n) is 21.5. The summed E-state index contributed by atoms with van der Waals surface area (Å²) in [6.45, 7) is 4.34. The Hall–Kier alpha value is -1.39. The third kappa shape index (κ3) is 55.5. The first-order valence-corrected chi connectivity index (χ1v) is 31.2. The predicted octanol–water partition coefficient (Wildman–Crippen LogP) is 20.8. The maximum absolute atomic E-state index is 12.5. The molecule has 0 saturated carbocycles. The smallest absolute Gasteiger partial charge is 0.220 e. The zero-order chi connectivity index (χ0) is 49.2. The quantitative estimate of drug-likeness (QED) is 0.0420. The topological polar surface area (TPSA) is 69.6 Å². The summed E-state index contributed by atoms with van der Waals surface area (Å²) in [7, 11) is 0. The molecule has 68 heavy (non-hydrogen) atoms. The fourth-order valence-electron chi connectivity index (χ4n) is 9.86. The SMILES string of the molecule is CCCCCCCCCCCCCCCCC/C=C\C/C=C\CCCCCCCCCCCCCCCCCCCC(=O)NC(CO)C(O)/C=C/CCCCCCCCCCCCCCCCC. The van der Waals surface area contributed by atoms with E-state index in [0.29, 0.717) is 6.42 Å². The van der Waals surface area contributed by atoms with Gasteiger partial charge in [-0.2, -0.15) is 0 Å². The number of allylic oxidation sites excluding steroid dienone is 5. The van der Waals surface area contributed by atoms with Crippen molar-refractivity contribution in [2.75, 3.05) is 6.61 Å². The Morgan fingerprint density at radius 2 is 0.603 bits per heavy atom. The number of hydrogen-bond donors (Lipinski definition) is 3. The lowest BCUT2D eigenvalue weighted by molar-refractivity contribution is -0.123. The Bertz CT molecular complexity index is 1040. The van der Waals surface area contributed by atoms with Crippen molar-refractivity contribution in [1.29, 1.82) is 0 Å². The van der Waals surface area contributed by atoms with E-state index in [4.69, 9.17) is 0 Å². The third-order valence-electron chi connectivity index (χ3n) is 14.6. The van der Waals surface area contributed by atoms with Gasteiger partial charge in [-0.3, -0.25) is 4.79 Å². The molecule has 0 aliphatic rings. The number of carbonyl (C=O) groups excluding carboxylic acids is 1. The van der Waals surface area contributed by atoms with E-state index in [9.17, 15) is 15.0 Å². The third-order valence-corrected chi connectivity index (χ3v) is 14.6. The van der Waals surface area contributed by atoms with Gasteiger partial charge in [-0.1, -0.05) is 326 Å². The van der Waals surface area contributed by atoms with Crippen molar-refractivity contribution in [2.24, 2.45) is 0 Å². The molecule has 0 bridgehead atoms. The number of aliphatic hydroxyl groups excluding tert-OH is 2. The van der Waals surface area contributed by atoms with Crippen LogP contribution in [0.25, 0.3) is 0 Å². The van der Waals surface area contributed by atoms with Crippen LogP contribution in [-0.4, -0.2) is 34.9 Å². The zero-order valence-electron chi connectivity index (χ0n) is 46.4. The number of rotatable bonds is 58. The average Bonchev–Trinajstić information content (AvgIpc) is 3.34. The Morgan fingerprint density at radius 1 is 0.353 bits per heavy atom. The summed E-state index contributed by atoms with van der Waals surface area (Å²) in [5.74, 6) is -0.0590. The van der Waals surface area contributed by atoms with Crippen molar-refractivity contribution in [3.05, 3.63) is 36.5 Å². The lowest BCUT2D eigenvalue weighted by Crippen LogP contribution is -2.45. The maximum Gasteiger partial charge on any atom is 0.220 e. The highest BCUT2D eigenvalue weighted by Crippen LogP contribution is 2.18. The van der Waals surface area contributed by atoms with Gasteiger partial charge in [0.2, 0.25) is 5.91 Å². The molecule has 3 N–H and O–H groups in total. The van der Waals surface area contributed by atoms with E-state index in [1.165, 1.54) is 295 Å². The molecular weight excluding hydrogens is 831 g/mol. The van der Waals surface area contributed by atoms with E-state index >= 15 is 0 Å². The van der Waals surface area contributed by atoms with E-state index in [1.54, 1.807) is 6.08 Å². The lowest BCUT2D eigenvalue weighted by Gasteiger charge is -2.20. The molecule has 0 aromatic heterocycles. The minimum atomic E-state index is -0.838. The Labute approximate surface area is 427 Å². The summed E-state index contributed by atoms with van der Waals surface area (Å²) in [4.78, 5) is 12.5. The molecule has 0 saturated heterocycles. The standard InChI is InChI=1S/C64H123NO3/c1-3-5-7-9-11-13-15-17-19-21-22-23-24-25-26-27-28-29-30-31-32-33-34-35-36-37-38-39-40-41-42-44-46-48-50-52-54-56-58-60-64(68)65-62(61-66)63(67)59-57-55-53-51-49-47-45-43-20-18-16-14-12-10-8-6-4-2/h28-29,31-32,57,59,62-63,66-67H,3-27,30,33-56,58,60-61H2,1-2H3,(H,65,68)/b29-28-,32-31-,59-57+. The van der Waals surface area contributed by atoms with E-state index in [1.807, 2.05) is 6.08 Å². The van der Waals surface area contributed by atoms with Crippen LogP contribution in [0.3, 0.4) is 0 Å². The van der Waals surface area contributed by atoms with Gasteiger partial charge in [-0.15, -0.1) is 0 Å². The normalized spacial score (nSPS) is 12.9. The molecule has 0 aromatic carbocycles. The van der Waals surface area contributed by atoms with Crippen LogP contribution < -0.4 is 5.32 Å². The van der Waals surface area contributed by atoms with Gasteiger partial charge in [-0.25, -0.2) is 0 Å². The second kappa shape index (κ2) is 59.9. The number of nitrogens with one attached hydrogen (secondary N) is 1.